The molecule has 0 aliphatic carbocycles. The van der Waals surface area contributed by atoms with Crippen LogP contribution in [0, 0.1) is 11.7 Å². The molecular weight excluding hydrogens is 419 g/mol. The van der Waals surface area contributed by atoms with Crippen LogP contribution in [-0.2, 0) is 18.3 Å². The Morgan fingerprint density at radius 3 is 2.58 bits per heavy atom. The van der Waals surface area contributed by atoms with Crippen molar-refractivity contribution in [2.75, 3.05) is 26.2 Å². The molecule has 0 spiro atoms. The summed E-state index contributed by atoms with van der Waals surface area (Å²) in [5.41, 5.74) is 2.65. The van der Waals surface area contributed by atoms with Crippen LogP contribution < -0.4 is 0 Å². The first-order chi connectivity index (χ1) is 16.0. The maximum Gasteiger partial charge on any atom is 0.274 e. The van der Waals surface area contributed by atoms with Crippen molar-refractivity contribution in [3.8, 4) is 11.1 Å². The second-order valence-corrected chi connectivity index (χ2v) is 8.28. The fourth-order valence-corrected chi connectivity index (χ4v) is 4.21. The van der Waals surface area contributed by atoms with Gasteiger partial charge in [-0.05, 0) is 29.7 Å². The third kappa shape index (κ3) is 5.03. The SMILES string of the molecule is C=CCN1CCN(C(=O)c2ccn(C)n2)CC(Cc2ccc(-c3ccccc3F)cc2)C1=O. The van der Waals surface area contributed by atoms with Crippen LogP contribution in [-0.4, -0.2) is 57.6 Å². The van der Waals surface area contributed by atoms with E-state index in [0.29, 0.717) is 43.9 Å². The molecular formula is C26H27FN4O2. The van der Waals surface area contributed by atoms with Crippen LogP contribution in [0.1, 0.15) is 16.1 Å². The molecule has 1 unspecified atom stereocenters. The molecule has 2 aromatic carbocycles. The Labute approximate surface area is 192 Å². The fraction of sp³-hybridized carbons (Fsp3) is 0.269. The monoisotopic (exact) mass is 446 g/mol. The number of aryl methyl sites for hydroxylation is 1. The van der Waals surface area contributed by atoms with Crippen LogP contribution in [0.25, 0.3) is 11.1 Å². The summed E-state index contributed by atoms with van der Waals surface area (Å²) >= 11 is 0. The Hall–Kier alpha value is -3.74. The van der Waals surface area contributed by atoms with Gasteiger partial charge in [0.2, 0.25) is 5.91 Å². The van der Waals surface area contributed by atoms with Crippen LogP contribution in [0.5, 0.6) is 0 Å². The van der Waals surface area contributed by atoms with E-state index >= 15 is 0 Å². The number of halogens is 1. The van der Waals surface area contributed by atoms with Crippen molar-refractivity contribution in [1.82, 2.24) is 19.6 Å². The molecule has 1 atom stereocenters. The van der Waals surface area contributed by atoms with Gasteiger partial charge in [0.1, 0.15) is 11.5 Å². The molecule has 4 rings (SSSR count). The minimum atomic E-state index is -0.389. The summed E-state index contributed by atoms with van der Waals surface area (Å²) in [5.74, 6) is -0.833. The molecule has 3 aromatic rings. The lowest BCUT2D eigenvalue weighted by Crippen LogP contribution is -2.38. The van der Waals surface area contributed by atoms with Gasteiger partial charge in [0.25, 0.3) is 5.91 Å². The van der Waals surface area contributed by atoms with Crippen LogP contribution in [0.4, 0.5) is 4.39 Å². The van der Waals surface area contributed by atoms with Gasteiger partial charge in [-0.2, -0.15) is 5.10 Å². The summed E-state index contributed by atoms with van der Waals surface area (Å²) in [7, 11) is 1.77. The zero-order valence-electron chi connectivity index (χ0n) is 18.7. The molecule has 2 heterocycles. The lowest BCUT2D eigenvalue weighted by Gasteiger charge is -2.23. The molecule has 7 heteroatoms. The van der Waals surface area contributed by atoms with Crippen LogP contribution >= 0.6 is 0 Å². The van der Waals surface area contributed by atoms with E-state index in [1.54, 1.807) is 58.1 Å². The number of carbonyl (C=O) groups excluding carboxylic acids is 2. The molecule has 1 aliphatic heterocycles. The predicted octanol–water partition coefficient (Wildman–Crippen LogP) is 3.56. The summed E-state index contributed by atoms with van der Waals surface area (Å²) in [6.07, 6.45) is 3.92. The average Bonchev–Trinajstić information content (AvgIpc) is 3.20. The highest BCUT2D eigenvalue weighted by molar-refractivity contribution is 5.93. The van der Waals surface area contributed by atoms with Gasteiger partial charge in [0, 0.05) is 45.0 Å². The molecule has 0 bridgehead atoms. The van der Waals surface area contributed by atoms with Gasteiger partial charge in [0.15, 0.2) is 0 Å². The summed E-state index contributed by atoms with van der Waals surface area (Å²) in [6.45, 7) is 5.41. The molecule has 1 fully saturated rings. The van der Waals surface area contributed by atoms with Crippen LogP contribution in [0.15, 0.2) is 73.4 Å². The van der Waals surface area contributed by atoms with E-state index in [2.05, 4.69) is 11.7 Å². The number of carbonyl (C=O) groups is 2. The topological polar surface area (TPSA) is 58.4 Å². The number of amides is 2. The Morgan fingerprint density at radius 1 is 1.15 bits per heavy atom. The Kier molecular flexibility index (Phi) is 6.68. The number of aromatic nitrogens is 2. The number of hydrogen-bond acceptors (Lipinski definition) is 3. The molecule has 1 aliphatic rings. The van der Waals surface area contributed by atoms with Crippen molar-refractivity contribution in [2.45, 2.75) is 6.42 Å². The number of hydrogen-bond donors (Lipinski definition) is 0. The minimum absolute atomic E-state index is 0.00408. The first-order valence-electron chi connectivity index (χ1n) is 11.0. The van der Waals surface area contributed by atoms with E-state index < -0.39 is 0 Å². The van der Waals surface area contributed by atoms with Crippen molar-refractivity contribution in [2.24, 2.45) is 13.0 Å². The van der Waals surface area contributed by atoms with Gasteiger partial charge in [-0.1, -0.05) is 48.5 Å². The minimum Gasteiger partial charge on any atom is -0.337 e. The first kappa shape index (κ1) is 22.5. The Balaban J connectivity index is 1.55. The largest absolute Gasteiger partial charge is 0.337 e. The van der Waals surface area contributed by atoms with Crippen LogP contribution in [0.3, 0.4) is 0 Å². The van der Waals surface area contributed by atoms with E-state index in [9.17, 15) is 14.0 Å². The van der Waals surface area contributed by atoms with E-state index in [-0.39, 0.29) is 23.5 Å². The molecule has 0 N–H and O–H groups in total. The summed E-state index contributed by atoms with van der Waals surface area (Å²) in [5, 5.41) is 4.23. The summed E-state index contributed by atoms with van der Waals surface area (Å²) in [6, 6.07) is 15.9. The zero-order chi connectivity index (χ0) is 23.4. The quantitative estimate of drug-likeness (QED) is 0.544. The third-order valence-corrected chi connectivity index (χ3v) is 5.93. The molecule has 170 valence electrons. The zero-order valence-corrected chi connectivity index (χ0v) is 18.7. The van der Waals surface area contributed by atoms with Crippen molar-refractivity contribution >= 4 is 11.8 Å². The van der Waals surface area contributed by atoms with Crippen LogP contribution in [0.2, 0.25) is 0 Å². The molecule has 1 aromatic heterocycles. The van der Waals surface area contributed by atoms with Gasteiger partial charge >= 0.3 is 0 Å². The standard InChI is InChI=1S/C26H27FN4O2/c1-3-13-30-15-16-31(26(33)24-12-14-29(2)28-24)18-21(25(30)32)17-19-8-10-20(11-9-19)22-6-4-5-7-23(22)27/h3-12,14,21H,1,13,15-18H2,2H3. The highest BCUT2D eigenvalue weighted by Gasteiger charge is 2.32. The molecule has 0 saturated carbocycles. The van der Waals surface area contributed by atoms with E-state index in [4.69, 9.17) is 0 Å². The molecule has 0 radical (unpaired) electrons. The number of nitrogens with zero attached hydrogens (tertiary/aromatic N) is 4. The Bertz CT molecular complexity index is 1160. The molecule has 1 saturated heterocycles. The van der Waals surface area contributed by atoms with Gasteiger partial charge in [0.05, 0.1) is 5.92 Å². The maximum absolute atomic E-state index is 14.1. The smallest absolute Gasteiger partial charge is 0.274 e. The number of rotatable bonds is 6. The van der Waals surface area contributed by atoms with Crippen molar-refractivity contribution in [3.05, 3.63) is 90.5 Å². The second kappa shape index (κ2) is 9.81. The van der Waals surface area contributed by atoms with E-state index in [1.165, 1.54) is 6.07 Å². The van der Waals surface area contributed by atoms with E-state index in [1.807, 2.05) is 24.3 Å². The number of benzene rings is 2. The summed E-state index contributed by atoms with van der Waals surface area (Å²) < 4.78 is 15.7. The van der Waals surface area contributed by atoms with Crippen molar-refractivity contribution in [1.29, 1.82) is 0 Å². The molecule has 2 amide bonds. The first-order valence-corrected chi connectivity index (χ1v) is 11.0. The maximum atomic E-state index is 14.1. The molecule has 6 nitrogen and oxygen atoms in total. The lowest BCUT2D eigenvalue weighted by molar-refractivity contribution is -0.134. The third-order valence-electron chi connectivity index (χ3n) is 5.93. The lowest BCUT2D eigenvalue weighted by atomic mass is 9.95. The van der Waals surface area contributed by atoms with Crippen molar-refractivity contribution in [3.63, 3.8) is 0 Å². The van der Waals surface area contributed by atoms with Gasteiger partial charge in [-0.3, -0.25) is 14.3 Å². The molecule has 33 heavy (non-hydrogen) atoms. The fourth-order valence-electron chi connectivity index (χ4n) is 4.21. The Morgan fingerprint density at radius 2 is 1.91 bits per heavy atom. The predicted molar refractivity (Wildman–Crippen MR) is 125 cm³/mol. The average molecular weight is 447 g/mol. The van der Waals surface area contributed by atoms with Gasteiger partial charge in [-0.25, -0.2) is 4.39 Å². The van der Waals surface area contributed by atoms with E-state index in [0.717, 1.165) is 11.1 Å². The van der Waals surface area contributed by atoms with Gasteiger partial charge in [-0.15, -0.1) is 6.58 Å². The normalized spacial score (nSPS) is 16.5. The highest BCUT2D eigenvalue weighted by atomic mass is 19.1. The summed E-state index contributed by atoms with van der Waals surface area (Å²) in [4.78, 5) is 29.7. The second-order valence-electron chi connectivity index (χ2n) is 8.28. The van der Waals surface area contributed by atoms with Gasteiger partial charge < -0.3 is 9.80 Å². The van der Waals surface area contributed by atoms with Crippen molar-refractivity contribution < 1.29 is 14.0 Å². The highest BCUT2D eigenvalue weighted by Crippen LogP contribution is 2.24.